The molecule has 0 aliphatic heterocycles. The number of hydrogen-bond donors (Lipinski definition) is 2. The maximum Gasteiger partial charge on any atom is 0.306 e. The molecular weight excluding hydrogens is 226 g/mol. The molecule has 0 spiro atoms. The number of aliphatic carboxylic acids is 1. The summed E-state index contributed by atoms with van der Waals surface area (Å²) in [4.78, 5) is 22.1. The molecule has 0 aliphatic carbocycles. The van der Waals surface area contributed by atoms with Crippen LogP contribution in [-0.2, 0) is 9.53 Å². The van der Waals surface area contributed by atoms with Gasteiger partial charge < -0.3 is 19.6 Å². The van der Waals surface area contributed by atoms with Crippen molar-refractivity contribution in [1.82, 2.24) is 5.32 Å². The minimum Gasteiger partial charge on any atom is -0.481 e. The van der Waals surface area contributed by atoms with Gasteiger partial charge in [-0.1, -0.05) is 0 Å². The number of methoxy groups -OCH3 is 1. The van der Waals surface area contributed by atoms with Gasteiger partial charge in [-0.25, -0.2) is 0 Å². The molecule has 0 bridgehead atoms. The van der Waals surface area contributed by atoms with Crippen molar-refractivity contribution < 1.29 is 23.8 Å². The molecule has 1 unspecified atom stereocenters. The maximum atomic E-state index is 11.6. The first-order valence-electron chi connectivity index (χ1n) is 5.11. The van der Waals surface area contributed by atoms with Crippen LogP contribution in [0.5, 0.6) is 0 Å². The van der Waals surface area contributed by atoms with Crippen LogP contribution in [0.2, 0.25) is 0 Å². The Balaban J connectivity index is 2.47. The van der Waals surface area contributed by atoms with E-state index in [1.807, 2.05) is 0 Å². The Morgan fingerprint density at radius 2 is 2.29 bits per heavy atom. The number of furan rings is 1. The van der Waals surface area contributed by atoms with Crippen LogP contribution in [0.15, 0.2) is 16.7 Å². The van der Waals surface area contributed by atoms with Gasteiger partial charge in [0.25, 0.3) is 5.91 Å². The van der Waals surface area contributed by atoms with Crippen LogP contribution in [0.1, 0.15) is 22.5 Å². The van der Waals surface area contributed by atoms with E-state index in [2.05, 4.69) is 5.32 Å². The predicted octanol–water partition coefficient (Wildman–Crippen LogP) is 0.808. The number of carbonyl (C=O) groups is 2. The number of nitrogens with one attached hydrogen (secondary N) is 1. The van der Waals surface area contributed by atoms with Crippen molar-refractivity contribution in [2.24, 2.45) is 0 Å². The average molecular weight is 241 g/mol. The summed E-state index contributed by atoms with van der Waals surface area (Å²) in [6.45, 7) is 1.88. The molecule has 1 aromatic heterocycles. The normalized spacial score (nSPS) is 12.1. The van der Waals surface area contributed by atoms with Gasteiger partial charge in [0.1, 0.15) is 0 Å². The number of carboxylic acids is 1. The molecule has 1 aromatic rings. The van der Waals surface area contributed by atoms with Crippen molar-refractivity contribution in [3.05, 3.63) is 23.7 Å². The molecule has 0 aliphatic rings. The Bertz CT molecular complexity index is 398. The highest BCUT2D eigenvalue weighted by Gasteiger charge is 2.16. The fourth-order valence-corrected chi connectivity index (χ4v) is 1.33. The zero-order chi connectivity index (χ0) is 12.8. The van der Waals surface area contributed by atoms with Crippen molar-refractivity contribution in [3.8, 4) is 0 Å². The fourth-order valence-electron chi connectivity index (χ4n) is 1.33. The van der Waals surface area contributed by atoms with Crippen molar-refractivity contribution in [1.29, 1.82) is 0 Å². The van der Waals surface area contributed by atoms with Gasteiger partial charge in [-0.15, -0.1) is 0 Å². The molecule has 0 aromatic carbocycles. The second-order valence-corrected chi connectivity index (χ2v) is 3.60. The van der Waals surface area contributed by atoms with Crippen LogP contribution in [0.4, 0.5) is 0 Å². The third-order valence-corrected chi connectivity index (χ3v) is 2.29. The summed E-state index contributed by atoms with van der Waals surface area (Å²) < 4.78 is 9.94. The standard InChI is InChI=1S/C11H15NO5/c1-7-3-4-17-10(7)11(15)12-6-8(16-2)5-9(13)14/h3-4,8H,5-6H2,1-2H3,(H,12,15)(H,13,14). The Morgan fingerprint density at radius 1 is 1.59 bits per heavy atom. The second kappa shape index (κ2) is 6.05. The first kappa shape index (κ1) is 13.2. The summed E-state index contributed by atoms with van der Waals surface area (Å²) >= 11 is 0. The SMILES string of the molecule is COC(CNC(=O)c1occc1C)CC(=O)O. The van der Waals surface area contributed by atoms with E-state index in [1.54, 1.807) is 13.0 Å². The largest absolute Gasteiger partial charge is 0.481 e. The third-order valence-electron chi connectivity index (χ3n) is 2.29. The zero-order valence-corrected chi connectivity index (χ0v) is 9.73. The van der Waals surface area contributed by atoms with Crippen LogP contribution >= 0.6 is 0 Å². The van der Waals surface area contributed by atoms with Crippen LogP contribution in [-0.4, -0.2) is 36.7 Å². The zero-order valence-electron chi connectivity index (χ0n) is 9.73. The van der Waals surface area contributed by atoms with Gasteiger partial charge in [0, 0.05) is 19.2 Å². The average Bonchev–Trinajstić information content (AvgIpc) is 2.69. The van der Waals surface area contributed by atoms with E-state index < -0.39 is 12.1 Å². The summed E-state index contributed by atoms with van der Waals surface area (Å²) in [6.07, 6.45) is 0.718. The fraction of sp³-hybridized carbons (Fsp3) is 0.455. The molecule has 1 amide bonds. The predicted molar refractivity (Wildman–Crippen MR) is 58.8 cm³/mol. The maximum absolute atomic E-state index is 11.6. The Labute approximate surface area is 98.6 Å². The first-order chi connectivity index (χ1) is 8.04. The number of carbonyl (C=O) groups excluding carboxylic acids is 1. The number of hydrogen-bond acceptors (Lipinski definition) is 4. The van der Waals surface area contributed by atoms with Gasteiger partial charge in [-0.05, 0) is 13.0 Å². The molecule has 6 nitrogen and oxygen atoms in total. The summed E-state index contributed by atoms with van der Waals surface area (Å²) in [7, 11) is 1.40. The molecule has 0 saturated carbocycles. The highest BCUT2D eigenvalue weighted by molar-refractivity contribution is 5.92. The molecular formula is C11H15NO5. The van der Waals surface area contributed by atoms with Crippen molar-refractivity contribution >= 4 is 11.9 Å². The monoisotopic (exact) mass is 241 g/mol. The summed E-state index contributed by atoms with van der Waals surface area (Å²) in [5, 5.41) is 11.2. The molecule has 0 radical (unpaired) electrons. The van der Waals surface area contributed by atoms with E-state index in [9.17, 15) is 9.59 Å². The van der Waals surface area contributed by atoms with Crippen LogP contribution in [0.25, 0.3) is 0 Å². The van der Waals surface area contributed by atoms with Gasteiger partial charge in [-0.3, -0.25) is 9.59 Å². The van der Waals surface area contributed by atoms with E-state index in [4.69, 9.17) is 14.3 Å². The van der Waals surface area contributed by atoms with Crippen LogP contribution < -0.4 is 5.32 Å². The number of carboxylic acid groups (broad SMARTS) is 1. The Hall–Kier alpha value is -1.82. The van der Waals surface area contributed by atoms with E-state index in [1.165, 1.54) is 13.4 Å². The lowest BCUT2D eigenvalue weighted by Gasteiger charge is -2.13. The minimum absolute atomic E-state index is 0.127. The smallest absolute Gasteiger partial charge is 0.306 e. The van der Waals surface area contributed by atoms with E-state index >= 15 is 0 Å². The van der Waals surface area contributed by atoms with Gasteiger partial charge in [0.05, 0.1) is 18.8 Å². The number of aryl methyl sites for hydroxylation is 1. The summed E-state index contributed by atoms with van der Waals surface area (Å²) in [5.74, 6) is -1.12. The molecule has 94 valence electrons. The van der Waals surface area contributed by atoms with E-state index in [0.29, 0.717) is 0 Å². The highest BCUT2D eigenvalue weighted by atomic mass is 16.5. The lowest BCUT2D eigenvalue weighted by Crippen LogP contribution is -2.34. The van der Waals surface area contributed by atoms with Gasteiger partial charge in [0.2, 0.25) is 0 Å². The van der Waals surface area contributed by atoms with Gasteiger partial charge in [0.15, 0.2) is 5.76 Å². The first-order valence-corrected chi connectivity index (χ1v) is 5.11. The van der Waals surface area contributed by atoms with Crippen molar-refractivity contribution in [3.63, 3.8) is 0 Å². The van der Waals surface area contributed by atoms with Gasteiger partial charge in [-0.2, -0.15) is 0 Å². The van der Waals surface area contributed by atoms with E-state index in [0.717, 1.165) is 5.56 Å². The van der Waals surface area contributed by atoms with Crippen molar-refractivity contribution in [2.45, 2.75) is 19.4 Å². The summed E-state index contributed by atoms with van der Waals surface area (Å²) in [6, 6.07) is 1.68. The Kier molecular flexibility index (Phi) is 4.71. The molecule has 1 atom stereocenters. The molecule has 0 fully saturated rings. The lowest BCUT2D eigenvalue weighted by atomic mass is 10.2. The van der Waals surface area contributed by atoms with Gasteiger partial charge >= 0.3 is 5.97 Å². The topological polar surface area (TPSA) is 88.8 Å². The number of rotatable bonds is 6. The molecule has 1 rings (SSSR count). The number of amides is 1. The number of ether oxygens (including phenoxy) is 1. The highest BCUT2D eigenvalue weighted by Crippen LogP contribution is 2.08. The Morgan fingerprint density at radius 3 is 2.76 bits per heavy atom. The van der Waals surface area contributed by atoms with Crippen LogP contribution in [0, 0.1) is 6.92 Å². The quantitative estimate of drug-likeness (QED) is 0.769. The summed E-state index contributed by atoms with van der Waals surface area (Å²) in [5.41, 5.74) is 0.731. The molecule has 2 N–H and O–H groups in total. The van der Waals surface area contributed by atoms with E-state index in [-0.39, 0.29) is 24.6 Å². The molecule has 1 heterocycles. The third kappa shape index (κ3) is 3.92. The van der Waals surface area contributed by atoms with Crippen LogP contribution in [0.3, 0.4) is 0 Å². The minimum atomic E-state index is -0.972. The molecule has 17 heavy (non-hydrogen) atoms. The van der Waals surface area contributed by atoms with Crippen molar-refractivity contribution in [2.75, 3.05) is 13.7 Å². The second-order valence-electron chi connectivity index (χ2n) is 3.60. The molecule has 6 heteroatoms. The molecule has 0 saturated heterocycles. The lowest BCUT2D eigenvalue weighted by molar-refractivity contribution is -0.139.